The molecular weight excluding hydrogens is 1820 g/mol. The second kappa shape index (κ2) is 48.6. The molecule has 42 heteroatoms. The van der Waals surface area contributed by atoms with Crippen LogP contribution in [-0.2, 0) is 89.5 Å². The minimum Gasteiger partial charge on any atom is -0.481 e. The van der Waals surface area contributed by atoms with Gasteiger partial charge in [-0.1, -0.05) is 48.5 Å². The van der Waals surface area contributed by atoms with Crippen LogP contribution in [0.25, 0.3) is 0 Å². The molecule has 0 fully saturated rings. The minimum atomic E-state index is -5.44. The number of fused-ring (bicyclic) bond motifs is 8. The zero-order valence-electron chi connectivity index (χ0n) is 69.8. The second-order valence-corrected chi connectivity index (χ2v) is 36.2. The summed E-state index contributed by atoms with van der Waals surface area (Å²) in [5, 5.41) is 0. The van der Waals surface area contributed by atoms with Gasteiger partial charge < -0.3 is 37.9 Å². The Balaban J connectivity index is 1.81. The molecule has 0 heterocycles. The monoisotopic (exact) mass is 1920 g/mol. The van der Waals surface area contributed by atoms with Gasteiger partial charge in [-0.15, -0.1) is 0 Å². The van der Waals surface area contributed by atoms with Gasteiger partial charge in [-0.3, -0.25) is 0 Å². The van der Waals surface area contributed by atoms with Crippen LogP contribution in [0, 0.1) is 0 Å². The molecule has 0 aromatic heterocycles. The van der Waals surface area contributed by atoms with Crippen molar-refractivity contribution in [2.24, 2.45) is 0 Å². The van der Waals surface area contributed by atoms with E-state index in [1.807, 2.05) is 0 Å². The molecule has 0 aliphatic heterocycles. The molecule has 716 valence electrons. The van der Waals surface area contributed by atoms with Gasteiger partial charge in [0.1, 0.15) is 35.8 Å². The van der Waals surface area contributed by atoms with Crippen molar-refractivity contribution in [2.75, 3.05) is 101 Å². The van der Waals surface area contributed by atoms with Gasteiger partial charge in [0.15, 0.2) is 26.4 Å². The summed E-state index contributed by atoms with van der Waals surface area (Å²) in [4.78, 5) is 53.4. The molecule has 1 aliphatic carbocycles. The fourth-order valence-corrected chi connectivity index (χ4v) is 17.9. The predicted molar refractivity (Wildman–Crippen MR) is 427 cm³/mol. The Kier molecular flexibility index (Phi) is 42.5. The summed E-state index contributed by atoms with van der Waals surface area (Å²) in [5.74, 6) is -47.1. The number of hydrogen-bond donors (Lipinski definition) is 0. The van der Waals surface area contributed by atoms with Gasteiger partial charge in [0.25, 0.3) is 59.2 Å². The van der Waals surface area contributed by atoms with Crippen molar-refractivity contribution in [3.8, 4) is 23.0 Å². The number of carbonyl (C=O) groups is 4. The van der Waals surface area contributed by atoms with E-state index in [1.54, 1.807) is 48.5 Å². The van der Waals surface area contributed by atoms with Crippen LogP contribution < -0.4 is 18.9 Å². The van der Waals surface area contributed by atoms with E-state index in [1.165, 1.54) is 0 Å². The second-order valence-electron chi connectivity index (χ2n) is 31.3. The molecule has 12 nitrogen and oxygen atoms in total. The Bertz CT molecular complexity index is 3860. The summed E-state index contributed by atoms with van der Waals surface area (Å²) in [5.41, 5.74) is 3.72. The van der Waals surface area contributed by atoms with Gasteiger partial charge in [0.05, 0.1) is 67.0 Å². The lowest BCUT2D eigenvalue weighted by Crippen LogP contribution is -2.34. The summed E-state index contributed by atoms with van der Waals surface area (Å²) in [6, 6.07) is 13.2. The summed E-state index contributed by atoms with van der Waals surface area (Å²) in [6.07, 6.45) is -35.2. The van der Waals surface area contributed by atoms with E-state index in [0.29, 0.717) is 22.3 Å². The lowest BCUT2D eigenvalue weighted by atomic mass is 9.87. The Morgan fingerprint density at radius 2 is 0.452 bits per heavy atom. The maximum absolute atomic E-state index is 15.0. The zero-order chi connectivity index (χ0) is 94.6. The first-order valence-corrected chi connectivity index (χ1v) is 44.4. The molecule has 8 bridgehead atoms. The summed E-state index contributed by atoms with van der Waals surface area (Å²) in [7, 11) is 4.22. The van der Waals surface area contributed by atoms with Crippen molar-refractivity contribution >= 4 is 70.9 Å². The number of rotatable bonds is 56. The number of alkyl halides is 26. The van der Waals surface area contributed by atoms with Crippen LogP contribution in [0.5, 0.6) is 23.0 Å². The molecule has 0 radical (unpaired) electrons. The number of aryl methyl sites for hydroxylation is 4. The first-order valence-electron chi connectivity index (χ1n) is 39.8. The number of ether oxygens (including phenoxy) is 8. The number of benzene rings is 4. The standard InChI is InChI=1S/C84H102F26O12S4/c1-73(85,86)45-79(97,98)49-77(93,94)19-27-125-23-9-15-55-33-61-38-59-31-53(13-7-21-123-25-11-17-75(89,90)47-81(101,102)51-83(105,106)107)29-57(69(59)119-41-65(111)115-3)37-58-30-54(14-8-22-124-26-12-18-76(91,92)48-82(103,104)52-84(108,109)110)32-60(70(58)120-42-66(112)116-4)39-62-34-56(16-10-24-126-28-20-78(95,96)50-80(99,100)46-74(2,87)88)36-64(72(62)122-44-68(114)118-6)40-63(35-55)71(61)121-43-67(113)117-5/h29-36H,7-28,37-52H2,1-6H3. The predicted octanol–water partition coefficient (Wildman–Crippen LogP) is 24.2. The average molecular weight is 1930 g/mol. The number of methoxy groups -OCH3 is 4. The Hall–Kier alpha value is -6.46. The van der Waals surface area contributed by atoms with Gasteiger partial charge in [0, 0.05) is 51.4 Å². The third-order valence-electron chi connectivity index (χ3n) is 19.0. The van der Waals surface area contributed by atoms with Crippen molar-refractivity contribution in [3.05, 3.63) is 115 Å². The molecule has 4 aromatic carbocycles. The van der Waals surface area contributed by atoms with Crippen LogP contribution in [0.2, 0.25) is 0 Å². The molecule has 0 N–H and O–H groups in total. The van der Waals surface area contributed by atoms with Gasteiger partial charge >= 0.3 is 36.2 Å². The van der Waals surface area contributed by atoms with E-state index in [9.17, 15) is 116 Å². The van der Waals surface area contributed by atoms with Gasteiger partial charge in [-0.05, 0) is 191 Å². The average Bonchev–Trinajstić information content (AvgIpc) is 0.768. The lowest BCUT2D eigenvalue weighted by molar-refractivity contribution is -0.208. The molecule has 126 heavy (non-hydrogen) atoms. The normalized spacial score (nSPS) is 13.7. The number of halogens is 26. The molecular formula is C84H102F26O12S4. The van der Waals surface area contributed by atoms with Crippen LogP contribution in [0.3, 0.4) is 0 Å². The van der Waals surface area contributed by atoms with E-state index in [-0.39, 0.29) is 193 Å². The van der Waals surface area contributed by atoms with Gasteiger partial charge in [-0.2, -0.15) is 73.4 Å². The largest absolute Gasteiger partial charge is 0.481 e. The topological polar surface area (TPSA) is 142 Å². The highest BCUT2D eigenvalue weighted by Crippen LogP contribution is 2.48. The molecule has 5 rings (SSSR count). The smallest absolute Gasteiger partial charge is 0.394 e. The number of hydrogen-bond acceptors (Lipinski definition) is 16. The SMILES string of the molecule is COC(=O)COc1c2cc(CCCSCCCC(F)(F)CC(F)(F)CC(F)(F)F)cc1Cc1cc(CCCSCCC(F)(F)CC(F)(F)CC(C)(F)F)cc(c1OCC(=O)OC)Cc1cc(CCCSCCC(F)(F)CC(F)(F)CC(C)(F)F)cc(c1OCC(=O)OC)Cc1cc(CCCSCCCC(F)(F)CC(F)(F)CC(F)(F)F)cc(c1OCC(=O)OC)C2. The molecule has 0 saturated carbocycles. The number of thioether (sulfide) groups is 4. The molecule has 0 saturated heterocycles. The highest BCUT2D eigenvalue weighted by Gasteiger charge is 2.53. The fourth-order valence-electron chi connectivity index (χ4n) is 14.1. The van der Waals surface area contributed by atoms with E-state index in [0.717, 1.165) is 75.5 Å². The molecule has 0 amide bonds. The summed E-state index contributed by atoms with van der Waals surface area (Å²) in [6.45, 7) is -2.87. The number of esters is 4. The maximum atomic E-state index is 15.0. The van der Waals surface area contributed by atoms with Crippen molar-refractivity contribution in [2.45, 2.75) is 252 Å². The Labute approximate surface area is 730 Å². The lowest BCUT2D eigenvalue weighted by Gasteiger charge is -2.25. The van der Waals surface area contributed by atoms with Crippen LogP contribution in [0.15, 0.2) is 48.5 Å². The third kappa shape index (κ3) is 43.5. The molecule has 4 aromatic rings. The van der Waals surface area contributed by atoms with Gasteiger partial charge in [0.2, 0.25) is 0 Å². The highest BCUT2D eigenvalue weighted by atomic mass is 32.2. The quantitative estimate of drug-likeness (QED) is 0.0158. The van der Waals surface area contributed by atoms with Crippen molar-refractivity contribution in [3.63, 3.8) is 0 Å². The first kappa shape index (κ1) is 110. The minimum absolute atomic E-state index is 0.0226. The van der Waals surface area contributed by atoms with E-state index < -0.39 is 223 Å². The maximum Gasteiger partial charge on any atom is 0.394 e. The Morgan fingerprint density at radius 1 is 0.262 bits per heavy atom. The molecule has 0 spiro atoms. The third-order valence-corrected chi connectivity index (χ3v) is 23.5. The van der Waals surface area contributed by atoms with Crippen LogP contribution >= 0.6 is 47.0 Å². The first-order chi connectivity index (χ1) is 58.2. The molecule has 1 aliphatic rings. The fraction of sp³-hybridized carbons (Fsp3) is 0.667. The molecule has 0 unspecified atom stereocenters. The van der Waals surface area contributed by atoms with Crippen molar-refractivity contribution < 1.29 is 171 Å². The van der Waals surface area contributed by atoms with E-state index >= 15 is 17.6 Å². The van der Waals surface area contributed by atoms with Crippen molar-refractivity contribution in [1.82, 2.24) is 0 Å². The molecule has 0 atom stereocenters. The van der Waals surface area contributed by atoms with Crippen LogP contribution in [0.1, 0.15) is 196 Å². The van der Waals surface area contributed by atoms with Crippen molar-refractivity contribution in [1.29, 1.82) is 0 Å². The highest BCUT2D eigenvalue weighted by molar-refractivity contribution is 7.99. The van der Waals surface area contributed by atoms with E-state index in [2.05, 4.69) is 0 Å². The van der Waals surface area contributed by atoms with Crippen LogP contribution in [0.4, 0.5) is 114 Å². The van der Waals surface area contributed by atoms with E-state index in [4.69, 9.17) is 37.9 Å². The van der Waals surface area contributed by atoms with Gasteiger partial charge in [-0.25, -0.2) is 107 Å². The van der Waals surface area contributed by atoms with Crippen LogP contribution in [-0.4, -0.2) is 196 Å². The summed E-state index contributed by atoms with van der Waals surface area (Å²) >= 11 is 4.06. The zero-order valence-corrected chi connectivity index (χ0v) is 73.1. The summed E-state index contributed by atoms with van der Waals surface area (Å²) < 4.78 is 411. The Morgan fingerprint density at radius 3 is 0.651 bits per heavy atom. The number of carbonyl (C=O) groups excluding carboxylic acids is 4.